The minimum Gasteiger partial charge on any atom is -0.374 e. The Labute approximate surface area is 173 Å². The quantitative estimate of drug-likeness (QED) is 0.554. The lowest BCUT2D eigenvalue weighted by Crippen LogP contribution is -2.28. The van der Waals surface area contributed by atoms with Crippen molar-refractivity contribution in [1.29, 1.82) is 0 Å². The van der Waals surface area contributed by atoms with E-state index in [0.717, 1.165) is 50.2 Å². The molecule has 162 valence electrons. The first kappa shape index (κ1) is 21.2. The molecule has 1 saturated heterocycles. The van der Waals surface area contributed by atoms with Crippen LogP contribution < -0.4 is 0 Å². The van der Waals surface area contributed by atoms with Crippen molar-refractivity contribution in [2.75, 3.05) is 13.2 Å². The van der Waals surface area contributed by atoms with Crippen molar-refractivity contribution in [3.05, 3.63) is 35.4 Å². The first-order valence-electron chi connectivity index (χ1n) is 11.5. The molecule has 0 radical (unpaired) electrons. The number of hydrogen-bond donors (Lipinski definition) is 0. The second-order valence-corrected chi connectivity index (χ2v) is 9.13. The molecule has 3 fully saturated rings. The maximum absolute atomic E-state index is 13.3. The first-order chi connectivity index (χ1) is 14.2. The van der Waals surface area contributed by atoms with Gasteiger partial charge in [-0.1, -0.05) is 18.9 Å². The van der Waals surface area contributed by atoms with E-state index in [9.17, 15) is 8.78 Å². The van der Waals surface area contributed by atoms with Gasteiger partial charge in [0.1, 0.15) is 0 Å². The zero-order valence-electron chi connectivity index (χ0n) is 17.3. The smallest absolute Gasteiger partial charge is 0.159 e. The normalized spacial score (nSPS) is 31.2. The molecule has 0 aromatic heterocycles. The van der Waals surface area contributed by atoms with Gasteiger partial charge in [-0.25, -0.2) is 8.78 Å². The molecule has 4 rings (SSSR count). The van der Waals surface area contributed by atoms with Gasteiger partial charge >= 0.3 is 0 Å². The summed E-state index contributed by atoms with van der Waals surface area (Å²) in [6.45, 7) is 1.88. The molecule has 2 saturated carbocycles. The fourth-order valence-electron chi connectivity index (χ4n) is 5.46. The zero-order valence-corrected chi connectivity index (χ0v) is 17.3. The number of halogens is 2. The van der Waals surface area contributed by atoms with Crippen molar-refractivity contribution < 1.29 is 23.0 Å². The molecule has 1 aromatic carbocycles. The lowest BCUT2D eigenvalue weighted by molar-refractivity contribution is -0.0516. The van der Waals surface area contributed by atoms with Gasteiger partial charge in [-0.05, 0) is 86.8 Å². The molecule has 0 atom stereocenters. The number of ether oxygens (including phenoxy) is 3. The van der Waals surface area contributed by atoms with Gasteiger partial charge in [-0.2, -0.15) is 0 Å². The summed E-state index contributed by atoms with van der Waals surface area (Å²) >= 11 is 0. The molecule has 1 aromatic rings. The van der Waals surface area contributed by atoms with Crippen LogP contribution in [0, 0.1) is 29.4 Å². The third-order valence-electron chi connectivity index (χ3n) is 7.25. The van der Waals surface area contributed by atoms with Crippen LogP contribution in [0.15, 0.2) is 18.2 Å². The van der Waals surface area contributed by atoms with E-state index in [1.54, 1.807) is 6.07 Å². The summed E-state index contributed by atoms with van der Waals surface area (Å²) in [5, 5.41) is 0. The molecule has 0 bridgehead atoms. The Balaban J connectivity index is 1.12. The average Bonchev–Trinajstić information content (AvgIpc) is 3.28. The van der Waals surface area contributed by atoms with Crippen LogP contribution in [0.3, 0.4) is 0 Å². The van der Waals surface area contributed by atoms with E-state index in [1.165, 1.54) is 57.1 Å². The summed E-state index contributed by atoms with van der Waals surface area (Å²) in [6, 6.07) is 4.02. The van der Waals surface area contributed by atoms with Gasteiger partial charge in [0.05, 0.1) is 25.9 Å². The molecule has 5 heteroatoms. The van der Waals surface area contributed by atoms with Crippen LogP contribution in [-0.4, -0.2) is 25.6 Å². The Kier molecular flexibility index (Phi) is 7.54. The van der Waals surface area contributed by atoms with Gasteiger partial charge in [0.15, 0.2) is 17.9 Å². The van der Waals surface area contributed by atoms with E-state index in [4.69, 9.17) is 14.2 Å². The minimum atomic E-state index is -0.802. The van der Waals surface area contributed by atoms with Crippen LogP contribution in [0.2, 0.25) is 0 Å². The van der Waals surface area contributed by atoms with E-state index >= 15 is 0 Å². The van der Waals surface area contributed by atoms with Crippen LogP contribution in [0.4, 0.5) is 8.78 Å². The highest BCUT2D eigenvalue weighted by molar-refractivity contribution is 5.16. The maximum atomic E-state index is 13.3. The molecule has 3 aliphatic rings. The topological polar surface area (TPSA) is 27.7 Å². The van der Waals surface area contributed by atoms with Gasteiger partial charge in [0, 0.05) is 0 Å². The summed E-state index contributed by atoms with van der Waals surface area (Å²) in [5.41, 5.74) is 0.706. The van der Waals surface area contributed by atoms with Crippen molar-refractivity contribution in [3.63, 3.8) is 0 Å². The van der Waals surface area contributed by atoms with Crippen molar-refractivity contribution in [2.45, 2.75) is 83.2 Å². The molecule has 2 aliphatic carbocycles. The highest BCUT2D eigenvalue weighted by atomic mass is 19.2. The summed E-state index contributed by atoms with van der Waals surface area (Å²) in [4.78, 5) is 0. The molecule has 0 amide bonds. The van der Waals surface area contributed by atoms with Crippen LogP contribution in [0.1, 0.15) is 69.8 Å². The lowest BCUT2D eigenvalue weighted by atomic mass is 9.70. The summed E-state index contributed by atoms with van der Waals surface area (Å²) in [6.07, 6.45) is 12.7. The molecular weight excluding hydrogens is 374 g/mol. The molecule has 3 nitrogen and oxygen atoms in total. The second kappa shape index (κ2) is 10.3. The van der Waals surface area contributed by atoms with Crippen molar-refractivity contribution >= 4 is 0 Å². The Morgan fingerprint density at radius 2 is 1.45 bits per heavy atom. The zero-order chi connectivity index (χ0) is 20.1. The second-order valence-electron chi connectivity index (χ2n) is 9.13. The summed E-state index contributed by atoms with van der Waals surface area (Å²) in [7, 11) is 0. The van der Waals surface area contributed by atoms with Crippen molar-refractivity contribution in [1.82, 2.24) is 0 Å². The van der Waals surface area contributed by atoms with Crippen LogP contribution >= 0.6 is 0 Å². The van der Waals surface area contributed by atoms with E-state index in [0.29, 0.717) is 12.2 Å². The third kappa shape index (κ3) is 5.99. The molecular formula is C24H34F2O3. The highest BCUT2D eigenvalue weighted by Crippen LogP contribution is 2.41. The number of benzene rings is 1. The van der Waals surface area contributed by atoms with Crippen molar-refractivity contribution in [3.8, 4) is 0 Å². The van der Waals surface area contributed by atoms with Gasteiger partial charge in [0.25, 0.3) is 0 Å². The minimum absolute atomic E-state index is 0.0504. The number of rotatable bonds is 7. The van der Waals surface area contributed by atoms with Gasteiger partial charge < -0.3 is 14.2 Å². The molecule has 1 heterocycles. The molecule has 29 heavy (non-hydrogen) atoms. The Morgan fingerprint density at radius 1 is 0.793 bits per heavy atom. The maximum Gasteiger partial charge on any atom is 0.159 e. The molecule has 0 N–H and O–H groups in total. The summed E-state index contributed by atoms with van der Waals surface area (Å²) in [5.74, 6) is 0.950. The Hall–Kier alpha value is -1.04. The number of hydrogen-bond acceptors (Lipinski definition) is 3. The summed E-state index contributed by atoms with van der Waals surface area (Å²) < 4.78 is 43.4. The van der Waals surface area contributed by atoms with E-state index in [-0.39, 0.29) is 12.4 Å². The van der Waals surface area contributed by atoms with E-state index < -0.39 is 11.6 Å². The van der Waals surface area contributed by atoms with Crippen LogP contribution in [0.5, 0.6) is 0 Å². The van der Waals surface area contributed by atoms with E-state index in [2.05, 4.69) is 0 Å². The SMILES string of the molecule is Fc1ccc(COC2CCC(C3CCC(CCC4OCCO4)CC3)CC2)cc1F. The van der Waals surface area contributed by atoms with E-state index in [1.807, 2.05) is 0 Å². The Morgan fingerprint density at radius 3 is 2.10 bits per heavy atom. The fourth-order valence-corrected chi connectivity index (χ4v) is 5.46. The first-order valence-corrected chi connectivity index (χ1v) is 11.5. The molecule has 0 unspecified atom stereocenters. The van der Waals surface area contributed by atoms with Gasteiger partial charge in [0.2, 0.25) is 0 Å². The van der Waals surface area contributed by atoms with Gasteiger partial charge in [-0.15, -0.1) is 0 Å². The predicted molar refractivity (Wildman–Crippen MR) is 107 cm³/mol. The lowest BCUT2D eigenvalue weighted by Gasteiger charge is -2.38. The van der Waals surface area contributed by atoms with Gasteiger partial charge in [-0.3, -0.25) is 0 Å². The highest BCUT2D eigenvalue weighted by Gasteiger charge is 2.31. The fraction of sp³-hybridized carbons (Fsp3) is 0.750. The van der Waals surface area contributed by atoms with Crippen LogP contribution in [-0.2, 0) is 20.8 Å². The predicted octanol–water partition coefficient (Wildman–Crippen LogP) is 6.00. The monoisotopic (exact) mass is 408 g/mol. The standard InChI is InChI=1S/C24H34F2O3/c25-22-11-3-18(15-23(22)26)16-29-21-9-7-20(8-10-21)19-5-1-17(2-6-19)4-12-24-27-13-14-28-24/h3,11,15,17,19-21,24H,1-2,4-10,12-14,16H2. The third-order valence-corrected chi connectivity index (χ3v) is 7.25. The molecule has 1 aliphatic heterocycles. The van der Waals surface area contributed by atoms with Crippen LogP contribution in [0.25, 0.3) is 0 Å². The van der Waals surface area contributed by atoms with Crippen molar-refractivity contribution in [2.24, 2.45) is 17.8 Å². The average molecular weight is 409 g/mol. The largest absolute Gasteiger partial charge is 0.374 e. The Bertz CT molecular complexity index is 631. The molecule has 0 spiro atoms.